The maximum atomic E-state index is 12.9. The molecule has 0 spiro atoms. The van der Waals surface area contributed by atoms with E-state index < -0.39 is 0 Å². The van der Waals surface area contributed by atoms with Crippen LogP contribution in [0, 0.1) is 11.8 Å². The van der Waals surface area contributed by atoms with Gasteiger partial charge in [-0.2, -0.15) is 0 Å². The van der Waals surface area contributed by atoms with Gasteiger partial charge < -0.3 is 19.5 Å². The number of aliphatic hydroxyl groups excluding tert-OH is 1. The first-order chi connectivity index (χ1) is 31.6. The number of ether oxygens (including phenoxy) is 2. The van der Waals surface area contributed by atoms with Gasteiger partial charge in [-0.1, -0.05) is 259 Å². The molecule has 0 rings (SSSR count). The molecule has 0 bridgehead atoms. The van der Waals surface area contributed by atoms with Crippen LogP contribution in [-0.4, -0.2) is 62.0 Å². The van der Waals surface area contributed by atoms with Crippen molar-refractivity contribution in [2.75, 3.05) is 46.1 Å². The van der Waals surface area contributed by atoms with Crippen molar-refractivity contribution in [1.82, 2.24) is 4.90 Å². The fourth-order valence-electron chi connectivity index (χ4n) is 9.73. The molecule has 0 radical (unpaired) electrons. The van der Waals surface area contributed by atoms with Crippen molar-refractivity contribution in [2.24, 2.45) is 11.8 Å². The summed E-state index contributed by atoms with van der Waals surface area (Å²) in [5, 5.41) is 9.46. The molecule has 0 amide bonds. The van der Waals surface area contributed by atoms with Crippen LogP contribution in [0.3, 0.4) is 0 Å². The molecule has 0 aliphatic carbocycles. The monoisotopic (exact) mass is 906 g/mol. The van der Waals surface area contributed by atoms with E-state index in [4.69, 9.17) is 9.47 Å². The number of carbonyl (C=O) groups excluding carboxylic acids is 1. The molecule has 64 heavy (non-hydrogen) atoms. The van der Waals surface area contributed by atoms with E-state index >= 15 is 0 Å². The number of rotatable bonds is 56. The van der Waals surface area contributed by atoms with E-state index in [9.17, 15) is 9.90 Å². The number of carbonyl (C=O) groups is 1. The van der Waals surface area contributed by atoms with E-state index in [1.807, 2.05) is 0 Å². The van der Waals surface area contributed by atoms with Crippen LogP contribution in [0.15, 0.2) is 0 Å². The van der Waals surface area contributed by atoms with Crippen molar-refractivity contribution in [3.63, 3.8) is 0 Å². The van der Waals surface area contributed by atoms with Gasteiger partial charge in [0, 0.05) is 26.4 Å². The third-order valence-corrected chi connectivity index (χ3v) is 14.2. The lowest BCUT2D eigenvalue weighted by atomic mass is 9.94. The zero-order valence-electron chi connectivity index (χ0n) is 44.5. The van der Waals surface area contributed by atoms with Gasteiger partial charge in [0.05, 0.1) is 12.5 Å². The smallest absolute Gasteiger partial charge is 0.308 e. The summed E-state index contributed by atoms with van der Waals surface area (Å²) >= 11 is 0. The minimum absolute atomic E-state index is 0.0885. The molecule has 2 unspecified atom stereocenters. The number of hydrogen-bond acceptors (Lipinski definition) is 5. The second-order valence-corrected chi connectivity index (χ2v) is 20.6. The molecule has 0 aromatic carbocycles. The number of aliphatic hydroxyl groups is 1. The summed E-state index contributed by atoms with van der Waals surface area (Å²) in [7, 11) is 0. The van der Waals surface area contributed by atoms with Gasteiger partial charge in [0.2, 0.25) is 0 Å². The van der Waals surface area contributed by atoms with Crippen molar-refractivity contribution in [3.8, 4) is 0 Å². The zero-order valence-corrected chi connectivity index (χ0v) is 44.5. The summed E-state index contributed by atoms with van der Waals surface area (Å²) in [4.78, 5) is 15.5. The summed E-state index contributed by atoms with van der Waals surface area (Å²) in [6.07, 6.45) is 58.8. The predicted molar refractivity (Wildman–Crippen MR) is 283 cm³/mol. The SMILES string of the molecule is CCCCCCCCC(CCCCCC)COCCCCCCCCCCCCN(CCCO)CCCCCCCCCCCCOC(=O)C(CCCCCC)CCCCCCCC. The Kier molecular flexibility index (Phi) is 54.4. The van der Waals surface area contributed by atoms with E-state index in [-0.39, 0.29) is 11.9 Å². The van der Waals surface area contributed by atoms with Gasteiger partial charge in [-0.25, -0.2) is 0 Å². The van der Waals surface area contributed by atoms with Gasteiger partial charge in [0.15, 0.2) is 0 Å². The van der Waals surface area contributed by atoms with Crippen LogP contribution in [0.2, 0.25) is 0 Å². The summed E-state index contributed by atoms with van der Waals surface area (Å²) in [5.41, 5.74) is 0. The highest BCUT2D eigenvalue weighted by Crippen LogP contribution is 2.22. The van der Waals surface area contributed by atoms with Gasteiger partial charge in [-0.3, -0.25) is 4.79 Å². The Morgan fingerprint density at radius 3 is 1.09 bits per heavy atom. The number of hydrogen-bond donors (Lipinski definition) is 1. The maximum Gasteiger partial charge on any atom is 0.308 e. The van der Waals surface area contributed by atoms with Crippen LogP contribution in [0.1, 0.15) is 317 Å². The number of nitrogens with zero attached hydrogens (tertiary/aromatic N) is 1. The molecular formula is C59H119NO4. The van der Waals surface area contributed by atoms with Crippen LogP contribution in [0.4, 0.5) is 0 Å². The normalized spacial score (nSPS) is 12.7. The lowest BCUT2D eigenvalue weighted by Crippen LogP contribution is -2.27. The molecule has 0 aliphatic heterocycles. The van der Waals surface area contributed by atoms with Gasteiger partial charge in [0.25, 0.3) is 0 Å². The molecule has 0 aromatic rings. The minimum Gasteiger partial charge on any atom is -0.465 e. The molecule has 0 aromatic heterocycles. The van der Waals surface area contributed by atoms with Gasteiger partial charge in [-0.15, -0.1) is 0 Å². The maximum absolute atomic E-state index is 12.9. The Morgan fingerprint density at radius 2 is 0.688 bits per heavy atom. The van der Waals surface area contributed by atoms with Crippen molar-refractivity contribution < 1.29 is 19.4 Å². The average molecular weight is 907 g/mol. The van der Waals surface area contributed by atoms with Crippen molar-refractivity contribution in [2.45, 2.75) is 317 Å². The predicted octanol–water partition coefficient (Wildman–Crippen LogP) is 18.7. The third-order valence-electron chi connectivity index (χ3n) is 14.2. The zero-order chi connectivity index (χ0) is 46.5. The fourth-order valence-corrected chi connectivity index (χ4v) is 9.73. The number of unbranched alkanes of at least 4 members (excludes halogenated alkanes) is 34. The van der Waals surface area contributed by atoms with E-state index in [2.05, 4.69) is 32.6 Å². The van der Waals surface area contributed by atoms with Crippen molar-refractivity contribution in [3.05, 3.63) is 0 Å². The van der Waals surface area contributed by atoms with Crippen LogP contribution in [0.25, 0.3) is 0 Å². The van der Waals surface area contributed by atoms with E-state index in [0.29, 0.717) is 13.2 Å². The Morgan fingerprint density at radius 1 is 0.375 bits per heavy atom. The highest BCUT2D eigenvalue weighted by Gasteiger charge is 2.19. The first kappa shape index (κ1) is 63.4. The molecule has 0 saturated heterocycles. The van der Waals surface area contributed by atoms with E-state index in [0.717, 1.165) is 51.4 Å². The minimum atomic E-state index is 0.0885. The summed E-state index contributed by atoms with van der Waals surface area (Å²) in [6, 6.07) is 0. The van der Waals surface area contributed by atoms with Crippen LogP contribution in [-0.2, 0) is 14.3 Å². The first-order valence-electron chi connectivity index (χ1n) is 29.7. The molecule has 0 heterocycles. The molecule has 0 fully saturated rings. The molecule has 0 saturated carbocycles. The molecule has 5 heteroatoms. The molecule has 5 nitrogen and oxygen atoms in total. The van der Waals surface area contributed by atoms with Gasteiger partial charge in [0.1, 0.15) is 0 Å². The Bertz CT molecular complexity index is 868. The molecule has 1 N–H and O–H groups in total. The molecule has 0 aliphatic rings. The van der Waals surface area contributed by atoms with Gasteiger partial charge >= 0.3 is 5.97 Å². The van der Waals surface area contributed by atoms with Crippen LogP contribution in [0.5, 0.6) is 0 Å². The Balaban J connectivity index is 3.84. The summed E-state index contributed by atoms with van der Waals surface area (Å²) in [6.45, 7) is 15.5. The van der Waals surface area contributed by atoms with Crippen molar-refractivity contribution in [1.29, 1.82) is 0 Å². The van der Waals surface area contributed by atoms with Crippen LogP contribution >= 0.6 is 0 Å². The Labute approximate surface area is 403 Å². The largest absolute Gasteiger partial charge is 0.465 e. The molecular weight excluding hydrogens is 787 g/mol. The van der Waals surface area contributed by atoms with Crippen LogP contribution < -0.4 is 0 Å². The molecule has 2 atom stereocenters. The lowest BCUT2D eigenvalue weighted by Gasteiger charge is -2.22. The lowest BCUT2D eigenvalue weighted by molar-refractivity contribution is -0.149. The molecule has 384 valence electrons. The topological polar surface area (TPSA) is 59.0 Å². The van der Waals surface area contributed by atoms with Gasteiger partial charge in [-0.05, 0) is 76.8 Å². The highest BCUT2D eigenvalue weighted by molar-refractivity contribution is 5.72. The fraction of sp³-hybridized carbons (Fsp3) is 0.983. The highest BCUT2D eigenvalue weighted by atomic mass is 16.5. The Hall–Kier alpha value is -0.650. The second-order valence-electron chi connectivity index (χ2n) is 20.6. The standard InChI is InChI=1S/C59H119NO4/c1-5-9-13-17-31-38-47-57(46-37-15-11-7-3)56-63-54-43-35-29-25-21-19-23-27-33-41-50-60(52-45-53-61)51-42-34-28-24-20-22-26-30-36-44-55-64-59(62)58(48-39-16-12-8-4)49-40-32-18-14-10-6-2/h57-58,61H,5-56H2,1-4H3. The second kappa shape index (κ2) is 55.0. The summed E-state index contributed by atoms with van der Waals surface area (Å²) in [5.74, 6) is 1.01. The first-order valence-corrected chi connectivity index (χ1v) is 29.7. The quantitative estimate of drug-likeness (QED) is 0.0487. The third kappa shape index (κ3) is 47.8. The average Bonchev–Trinajstić information content (AvgIpc) is 3.30. The van der Waals surface area contributed by atoms with Crippen molar-refractivity contribution >= 4 is 5.97 Å². The number of esters is 1. The summed E-state index contributed by atoms with van der Waals surface area (Å²) < 4.78 is 12.0. The van der Waals surface area contributed by atoms with E-state index in [1.165, 1.54) is 276 Å². The van der Waals surface area contributed by atoms with E-state index in [1.54, 1.807) is 0 Å².